The van der Waals surface area contributed by atoms with Gasteiger partial charge in [0.05, 0.1) is 11.0 Å². The maximum Gasteiger partial charge on any atom is 0.237 e. The highest BCUT2D eigenvalue weighted by atomic mass is 32.1. The monoisotopic (exact) mass is 259 g/mol. The summed E-state index contributed by atoms with van der Waals surface area (Å²) in [5, 5.41) is 2.93. The van der Waals surface area contributed by atoms with E-state index < -0.39 is 0 Å². The zero-order valence-corrected chi connectivity index (χ0v) is 12.1. The van der Waals surface area contributed by atoms with Crippen LogP contribution in [0.2, 0.25) is 0 Å². The Bertz CT molecular complexity index is 256. The second kappa shape index (κ2) is 8.42. The van der Waals surface area contributed by atoms with Crippen LogP contribution in [0, 0.1) is 5.92 Å². The summed E-state index contributed by atoms with van der Waals surface area (Å²) in [5.41, 5.74) is 5.54. The Morgan fingerprint density at radius 2 is 2.00 bits per heavy atom. The second-order valence-corrected chi connectivity index (χ2v) is 5.28. The van der Waals surface area contributed by atoms with Gasteiger partial charge in [0, 0.05) is 13.1 Å². The Morgan fingerprint density at radius 1 is 1.41 bits per heavy atom. The first-order chi connectivity index (χ1) is 7.88. The first-order valence-corrected chi connectivity index (χ1v) is 6.59. The largest absolute Gasteiger partial charge is 0.392 e. The van der Waals surface area contributed by atoms with Gasteiger partial charge >= 0.3 is 0 Å². The number of nitrogens with one attached hydrogen (secondary N) is 1. The van der Waals surface area contributed by atoms with Gasteiger partial charge in [-0.1, -0.05) is 33.0 Å². The molecule has 0 aliphatic heterocycles. The number of nitrogens with zero attached hydrogens (tertiary/aromatic N) is 1. The molecule has 0 aromatic heterocycles. The molecular weight excluding hydrogens is 234 g/mol. The van der Waals surface area contributed by atoms with E-state index in [0.29, 0.717) is 24.0 Å². The summed E-state index contributed by atoms with van der Waals surface area (Å²) in [6.45, 7) is 10.1. The van der Waals surface area contributed by atoms with Gasteiger partial charge in [-0.3, -0.25) is 9.69 Å². The van der Waals surface area contributed by atoms with Crippen LogP contribution in [0.3, 0.4) is 0 Å². The van der Waals surface area contributed by atoms with Gasteiger partial charge < -0.3 is 11.1 Å². The zero-order valence-electron chi connectivity index (χ0n) is 11.3. The maximum absolute atomic E-state index is 11.9. The molecule has 5 heteroatoms. The van der Waals surface area contributed by atoms with Crippen LogP contribution in [-0.4, -0.2) is 41.5 Å². The number of rotatable bonds is 8. The zero-order chi connectivity index (χ0) is 13.4. The number of nitrogens with two attached hydrogens (primary N) is 1. The SMILES string of the molecule is CCCN(CC(N)=S)C(C)C(=O)NCC(C)C. The smallest absolute Gasteiger partial charge is 0.237 e. The van der Waals surface area contributed by atoms with Crippen LogP contribution in [0.4, 0.5) is 0 Å². The van der Waals surface area contributed by atoms with E-state index in [1.807, 2.05) is 11.8 Å². The number of amides is 1. The van der Waals surface area contributed by atoms with Crippen LogP contribution < -0.4 is 11.1 Å². The van der Waals surface area contributed by atoms with Crippen molar-refractivity contribution in [3.8, 4) is 0 Å². The quantitative estimate of drug-likeness (QED) is 0.642. The molecule has 0 heterocycles. The Hall–Kier alpha value is -0.680. The summed E-state index contributed by atoms with van der Waals surface area (Å²) in [4.78, 5) is 14.4. The van der Waals surface area contributed by atoms with E-state index in [4.69, 9.17) is 18.0 Å². The molecule has 1 unspecified atom stereocenters. The lowest BCUT2D eigenvalue weighted by Crippen LogP contribution is -2.48. The Kier molecular flexibility index (Phi) is 8.08. The normalized spacial score (nSPS) is 12.8. The Labute approximate surface area is 110 Å². The van der Waals surface area contributed by atoms with E-state index in [1.165, 1.54) is 0 Å². The van der Waals surface area contributed by atoms with Gasteiger partial charge in [0.2, 0.25) is 5.91 Å². The first kappa shape index (κ1) is 16.3. The van der Waals surface area contributed by atoms with Crippen molar-refractivity contribution in [3.63, 3.8) is 0 Å². The Balaban J connectivity index is 4.32. The van der Waals surface area contributed by atoms with Crippen molar-refractivity contribution in [1.29, 1.82) is 0 Å². The molecule has 0 aliphatic carbocycles. The standard InChI is InChI=1S/C12H25N3OS/c1-5-6-15(8-11(13)17)10(4)12(16)14-7-9(2)3/h9-10H,5-8H2,1-4H3,(H2,13,17)(H,14,16). The number of thiocarbonyl (C=S) groups is 1. The predicted octanol–water partition coefficient (Wildman–Crippen LogP) is 1.15. The fraction of sp³-hybridized carbons (Fsp3) is 0.833. The highest BCUT2D eigenvalue weighted by Gasteiger charge is 2.20. The third-order valence-corrected chi connectivity index (χ3v) is 2.61. The van der Waals surface area contributed by atoms with Crippen LogP contribution in [0.1, 0.15) is 34.1 Å². The van der Waals surface area contributed by atoms with Crippen LogP contribution in [0.15, 0.2) is 0 Å². The van der Waals surface area contributed by atoms with Gasteiger partial charge in [-0.15, -0.1) is 0 Å². The molecule has 1 amide bonds. The second-order valence-electron chi connectivity index (χ2n) is 4.75. The summed E-state index contributed by atoms with van der Waals surface area (Å²) in [7, 11) is 0. The van der Waals surface area contributed by atoms with Gasteiger partial charge in [-0.2, -0.15) is 0 Å². The lowest BCUT2D eigenvalue weighted by molar-refractivity contribution is -0.125. The van der Waals surface area contributed by atoms with E-state index in [-0.39, 0.29) is 11.9 Å². The van der Waals surface area contributed by atoms with Gasteiger partial charge in [0.1, 0.15) is 0 Å². The van der Waals surface area contributed by atoms with Crippen LogP contribution in [0.5, 0.6) is 0 Å². The molecule has 100 valence electrons. The topological polar surface area (TPSA) is 58.4 Å². The number of carbonyl (C=O) groups excluding carboxylic acids is 1. The molecule has 0 aromatic carbocycles. The minimum Gasteiger partial charge on any atom is -0.392 e. The molecule has 0 bridgehead atoms. The molecule has 0 radical (unpaired) electrons. The molecule has 1 atom stereocenters. The third kappa shape index (κ3) is 7.28. The van der Waals surface area contributed by atoms with Gasteiger partial charge in [-0.25, -0.2) is 0 Å². The molecular formula is C12H25N3OS. The molecule has 0 aliphatic rings. The van der Waals surface area contributed by atoms with Crippen molar-refractivity contribution < 1.29 is 4.79 Å². The molecule has 0 saturated heterocycles. The molecule has 0 aromatic rings. The van der Waals surface area contributed by atoms with Crippen LogP contribution in [-0.2, 0) is 4.79 Å². The summed E-state index contributed by atoms with van der Waals surface area (Å²) >= 11 is 4.90. The van der Waals surface area contributed by atoms with Crippen molar-refractivity contribution in [2.24, 2.45) is 11.7 Å². The summed E-state index contributed by atoms with van der Waals surface area (Å²) in [5.74, 6) is 0.504. The number of hydrogen-bond donors (Lipinski definition) is 2. The predicted molar refractivity (Wildman–Crippen MR) is 76.0 cm³/mol. The summed E-state index contributed by atoms with van der Waals surface area (Å²) in [6.07, 6.45) is 0.977. The van der Waals surface area contributed by atoms with Crippen molar-refractivity contribution in [2.75, 3.05) is 19.6 Å². The van der Waals surface area contributed by atoms with E-state index in [0.717, 1.165) is 13.0 Å². The fourth-order valence-electron chi connectivity index (χ4n) is 1.52. The van der Waals surface area contributed by atoms with Crippen molar-refractivity contribution in [3.05, 3.63) is 0 Å². The number of carbonyl (C=O) groups is 1. The summed E-state index contributed by atoms with van der Waals surface area (Å²) < 4.78 is 0. The fourth-order valence-corrected chi connectivity index (χ4v) is 1.68. The highest BCUT2D eigenvalue weighted by Crippen LogP contribution is 2.01. The third-order valence-electron chi connectivity index (χ3n) is 2.48. The minimum atomic E-state index is -0.185. The van der Waals surface area contributed by atoms with E-state index in [1.54, 1.807) is 0 Å². The highest BCUT2D eigenvalue weighted by molar-refractivity contribution is 7.80. The number of hydrogen-bond acceptors (Lipinski definition) is 3. The molecule has 0 rings (SSSR count). The lowest BCUT2D eigenvalue weighted by atomic mass is 10.2. The minimum absolute atomic E-state index is 0.0448. The van der Waals surface area contributed by atoms with Crippen molar-refractivity contribution in [2.45, 2.75) is 40.2 Å². The van der Waals surface area contributed by atoms with Gasteiger partial charge in [0.25, 0.3) is 0 Å². The maximum atomic E-state index is 11.9. The van der Waals surface area contributed by atoms with Crippen LogP contribution >= 0.6 is 12.2 Å². The average molecular weight is 259 g/mol. The van der Waals surface area contributed by atoms with E-state index in [2.05, 4.69) is 26.1 Å². The van der Waals surface area contributed by atoms with Gasteiger partial charge in [0.15, 0.2) is 0 Å². The van der Waals surface area contributed by atoms with Crippen molar-refractivity contribution in [1.82, 2.24) is 10.2 Å². The van der Waals surface area contributed by atoms with Gasteiger partial charge in [-0.05, 0) is 25.8 Å². The molecule has 0 spiro atoms. The molecule has 17 heavy (non-hydrogen) atoms. The molecule has 0 saturated carbocycles. The van der Waals surface area contributed by atoms with Crippen LogP contribution in [0.25, 0.3) is 0 Å². The Morgan fingerprint density at radius 3 is 2.41 bits per heavy atom. The van der Waals surface area contributed by atoms with Crippen molar-refractivity contribution >= 4 is 23.1 Å². The van der Waals surface area contributed by atoms with E-state index in [9.17, 15) is 4.79 Å². The lowest BCUT2D eigenvalue weighted by Gasteiger charge is -2.27. The average Bonchev–Trinajstić information content (AvgIpc) is 2.23. The molecule has 4 nitrogen and oxygen atoms in total. The first-order valence-electron chi connectivity index (χ1n) is 6.18. The van der Waals surface area contributed by atoms with E-state index >= 15 is 0 Å². The molecule has 3 N–H and O–H groups in total. The summed E-state index contributed by atoms with van der Waals surface area (Å²) in [6, 6.07) is -0.185. The molecule has 0 fully saturated rings.